The highest BCUT2D eigenvalue weighted by Gasteiger charge is 2.60. The van der Waals surface area contributed by atoms with Crippen molar-refractivity contribution < 1.29 is 17.6 Å². The first kappa shape index (κ1) is 25.1. The van der Waals surface area contributed by atoms with Gasteiger partial charge in [-0.25, -0.2) is 4.98 Å². The number of nitrogens with zero attached hydrogens (tertiary/aromatic N) is 5. The number of halogens is 4. The molecule has 1 saturated heterocycles. The topological polar surface area (TPSA) is 60.0 Å². The molecule has 6 nitrogen and oxygen atoms in total. The van der Waals surface area contributed by atoms with Crippen molar-refractivity contribution in [2.75, 3.05) is 25.4 Å². The summed E-state index contributed by atoms with van der Waals surface area (Å²) in [6.07, 6.45) is -0.803. The van der Waals surface area contributed by atoms with Crippen LogP contribution in [0.4, 0.5) is 13.2 Å². The third kappa shape index (κ3) is 4.47. The van der Waals surface area contributed by atoms with E-state index < -0.39 is 11.7 Å². The molecule has 2 aliphatic rings. The van der Waals surface area contributed by atoms with Crippen molar-refractivity contribution in [1.29, 1.82) is 0 Å². The molecule has 5 rings (SSSR count). The standard InChI is InChI=1S/C23H26F3N5OS.ClH/c1-14-9-16(23(24,25)26)5-6-18(14)22-10-17(22)11-31(12-22)7-4-8-33-21-29-28-20(30(21)3)19-15(2)27-13-32-19;/h5-6,9,13,17H,4,7-8,10-12H2,1-3H3;1H/t17-,22-;/m0./s1. The highest BCUT2D eigenvalue weighted by atomic mass is 35.5. The van der Waals surface area contributed by atoms with E-state index in [9.17, 15) is 13.2 Å². The third-order valence-electron chi connectivity index (χ3n) is 6.94. The van der Waals surface area contributed by atoms with Crippen LogP contribution in [0.15, 0.2) is 34.2 Å². The van der Waals surface area contributed by atoms with E-state index in [1.807, 2.05) is 25.5 Å². The Balaban J connectivity index is 0.00000274. The van der Waals surface area contributed by atoms with Gasteiger partial charge < -0.3 is 13.9 Å². The number of aryl methyl sites for hydroxylation is 2. The summed E-state index contributed by atoms with van der Waals surface area (Å²) in [5.74, 6) is 2.76. The van der Waals surface area contributed by atoms with Crippen LogP contribution in [0.2, 0.25) is 0 Å². The number of oxazole rings is 1. The summed E-state index contributed by atoms with van der Waals surface area (Å²) in [5, 5.41) is 9.36. The number of aromatic nitrogens is 4. The zero-order valence-electron chi connectivity index (χ0n) is 19.2. The lowest BCUT2D eigenvalue weighted by Gasteiger charge is -2.22. The first-order valence-electron chi connectivity index (χ1n) is 11.0. The predicted octanol–water partition coefficient (Wildman–Crippen LogP) is 5.28. The summed E-state index contributed by atoms with van der Waals surface area (Å²) in [6.45, 7) is 6.59. The van der Waals surface area contributed by atoms with Gasteiger partial charge in [0.25, 0.3) is 0 Å². The highest BCUT2D eigenvalue weighted by Crippen LogP contribution is 2.59. The van der Waals surface area contributed by atoms with Gasteiger partial charge in [0.05, 0.1) is 11.3 Å². The number of benzene rings is 1. The Hall–Kier alpha value is -2.04. The summed E-state index contributed by atoms with van der Waals surface area (Å²) < 4.78 is 46.4. The summed E-state index contributed by atoms with van der Waals surface area (Å²) in [4.78, 5) is 6.56. The number of rotatable bonds is 7. The van der Waals surface area contributed by atoms with E-state index in [4.69, 9.17) is 4.42 Å². The molecule has 2 aromatic heterocycles. The quantitative estimate of drug-likeness (QED) is 0.316. The van der Waals surface area contributed by atoms with E-state index in [2.05, 4.69) is 20.1 Å². The molecule has 0 radical (unpaired) electrons. The summed E-state index contributed by atoms with van der Waals surface area (Å²) in [6, 6.07) is 4.24. The molecule has 0 N–H and O–H groups in total. The van der Waals surface area contributed by atoms with Crippen LogP contribution < -0.4 is 0 Å². The zero-order chi connectivity index (χ0) is 23.4. The monoisotopic (exact) mass is 513 g/mol. The van der Waals surface area contributed by atoms with Crippen molar-refractivity contribution in [2.45, 2.75) is 43.4 Å². The van der Waals surface area contributed by atoms with Gasteiger partial charge in [0.1, 0.15) is 0 Å². The van der Waals surface area contributed by atoms with Crippen LogP contribution in [-0.2, 0) is 18.6 Å². The van der Waals surface area contributed by atoms with Crippen LogP contribution >= 0.6 is 24.2 Å². The van der Waals surface area contributed by atoms with E-state index in [0.717, 1.165) is 60.2 Å². The van der Waals surface area contributed by atoms with Gasteiger partial charge in [-0.1, -0.05) is 17.8 Å². The Labute approximate surface area is 206 Å². The second-order valence-electron chi connectivity index (χ2n) is 9.15. The number of thioether (sulfide) groups is 1. The van der Waals surface area contributed by atoms with Gasteiger partial charge in [-0.3, -0.25) is 0 Å². The minimum absolute atomic E-state index is 0. The molecular weight excluding hydrogens is 487 g/mol. The molecule has 1 aromatic carbocycles. The fraction of sp³-hybridized carbons (Fsp3) is 0.522. The minimum atomic E-state index is -4.29. The molecule has 0 amide bonds. The molecule has 0 bridgehead atoms. The van der Waals surface area contributed by atoms with Crippen molar-refractivity contribution >= 4 is 24.2 Å². The number of piperidine rings is 1. The van der Waals surface area contributed by atoms with Crippen LogP contribution in [0.25, 0.3) is 11.6 Å². The van der Waals surface area contributed by atoms with E-state index in [0.29, 0.717) is 17.5 Å². The average molecular weight is 514 g/mol. The van der Waals surface area contributed by atoms with Gasteiger partial charge in [-0.15, -0.1) is 22.6 Å². The second-order valence-corrected chi connectivity index (χ2v) is 10.2. The Morgan fingerprint density at radius 3 is 2.71 bits per heavy atom. The van der Waals surface area contributed by atoms with Gasteiger partial charge in [-0.2, -0.15) is 13.2 Å². The molecule has 3 aromatic rings. The van der Waals surface area contributed by atoms with Crippen molar-refractivity contribution in [3.05, 3.63) is 47.0 Å². The van der Waals surface area contributed by atoms with Crippen molar-refractivity contribution in [1.82, 2.24) is 24.6 Å². The molecular formula is C23H27ClF3N5OS. The zero-order valence-corrected chi connectivity index (χ0v) is 20.9. The van der Waals surface area contributed by atoms with Gasteiger partial charge >= 0.3 is 6.18 Å². The Kier molecular flexibility index (Phi) is 6.78. The van der Waals surface area contributed by atoms with Crippen molar-refractivity contribution in [3.8, 4) is 11.6 Å². The lowest BCUT2D eigenvalue weighted by molar-refractivity contribution is -0.137. The molecule has 34 heavy (non-hydrogen) atoms. The summed E-state index contributed by atoms with van der Waals surface area (Å²) in [5.41, 5.74) is 2.10. The smallest absolute Gasteiger partial charge is 0.416 e. The number of hydrogen-bond acceptors (Lipinski definition) is 6. The van der Waals surface area contributed by atoms with E-state index in [1.165, 1.54) is 18.5 Å². The Bertz CT molecular complexity index is 1180. The molecule has 1 aliphatic heterocycles. The fourth-order valence-corrected chi connectivity index (χ4v) is 6.01. The molecule has 1 saturated carbocycles. The van der Waals surface area contributed by atoms with Crippen molar-refractivity contribution in [3.63, 3.8) is 0 Å². The van der Waals surface area contributed by atoms with Crippen LogP contribution in [0.5, 0.6) is 0 Å². The third-order valence-corrected chi connectivity index (χ3v) is 8.05. The minimum Gasteiger partial charge on any atom is -0.440 e. The van der Waals surface area contributed by atoms with E-state index >= 15 is 0 Å². The Morgan fingerprint density at radius 1 is 1.24 bits per heavy atom. The van der Waals surface area contributed by atoms with Crippen LogP contribution in [0, 0.1) is 19.8 Å². The lowest BCUT2D eigenvalue weighted by atomic mass is 9.90. The summed E-state index contributed by atoms with van der Waals surface area (Å²) in [7, 11) is 1.92. The van der Waals surface area contributed by atoms with Crippen LogP contribution in [-0.4, -0.2) is 50.0 Å². The molecule has 11 heteroatoms. The molecule has 3 heterocycles. The second kappa shape index (κ2) is 9.20. The predicted molar refractivity (Wildman–Crippen MR) is 126 cm³/mol. The lowest BCUT2D eigenvalue weighted by Crippen LogP contribution is -2.28. The molecule has 2 atom stereocenters. The highest BCUT2D eigenvalue weighted by molar-refractivity contribution is 7.99. The Morgan fingerprint density at radius 2 is 2.03 bits per heavy atom. The number of hydrogen-bond donors (Lipinski definition) is 0. The van der Waals surface area contributed by atoms with E-state index in [-0.39, 0.29) is 17.8 Å². The SMILES string of the molecule is Cc1cc(C(F)(F)F)ccc1[C@]12C[C@H]1CN(CCCSc1nnc(-c3ocnc3C)n1C)C2.Cl. The number of alkyl halides is 3. The average Bonchev–Trinajstić information content (AvgIpc) is 3.06. The number of fused-ring (bicyclic) bond motifs is 1. The first-order valence-corrected chi connectivity index (χ1v) is 12.0. The van der Waals surface area contributed by atoms with Crippen molar-refractivity contribution in [2.24, 2.45) is 13.0 Å². The van der Waals surface area contributed by atoms with Gasteiger partial charge in [0.15, 0.2) is 17.3 Å². The molecule has 1 aliphatic carbocycles. The summed E-state index contributed by atoms with van der Waals surface area (Å²) >= 11 is 1.66. The normalized spacial score (nSPS) is 22.0. The van der Waals surface area contributed by atoms with E-state index in [1.54, 1.807) is 17.8 Å². The first-order chi connectivity index (χ1) is 15.7. The van der Waals surface area contributed by atoms with Gasteiger partial charge in [-0.05, 0) is 62.4 Å². The maximum atomic E-state index is 13.0. The molecule has 0 unspecified atom stereocenters. The fourth-order valence-electron chi connectivity index (χ4n) is 5.18. The maximum Gasteiger partial charge on any atom is 0.416 e. The number of likely N-dealkylation sites (tertiary alicyclic amines) is 1. The van der Waals surface area contributed by atoms with Gasteiger partial charge in [0.2, 0.25) is 5.82 Å². The van der Waals surface area contributed by atoms with Crippen LogP contribution in [0.3, 0.4) is 0 Å². The molecule has 0 spiro atoms. The largest absolute Gasteiger partial charge is 0.440 e. The maximum absolute atomic E-state index is 13.0. The molecule has 184 valence electrons. The van der Waals surface area contributed by atoms with Crippen LogP contribution in [0.1, 0.15) is 35.2 Å². The molecule has 2 fully saturated rings. The van der Waals surface area contributed by atoms with Gasteiger partial charge in [0, 0.05) is 31.3 Å².